The van der Waals surface area contributed by atoms with E-state index in [0.29, 0.717) is 16.5 Å². The zero-order valence-corrected chi connectivity index (χ0v) is 13.5. The Morgan fingerprint density at radius 2 is 1.95 bits per heavy atom. The molecule has 110 valence electrons. The minimum atomic E-state index is -0.334. The monoisotopic (exact) mass is 377 g/mol. The van der Waals surface area contributed by atoms with E-state index in [-0.39, 0.29) is 11.7 Å². The van der Waals surface area contributed by atoms with Gasteiger partial charge in [-0.2, -0.15) is 0 Å². The van der Waals surface area contributed by atoms with E-state index in [1.165, 1.54) is 23.5 Å². The Morgan fingerprint density at radius 3 is 2.64 bits per heavy atom. The number of carbonyl (C=O) groups excluding carboxylic acids is 1. The summed E-state index contributed by atoms with van der Waals surface area (Å²) in [6.45, 7) is 0. The minimum absolute atomic E-state index is 0.300. The lowest BCUT2D eigenvalue weighted by atomic mass is 10.2. The first-order valence-electron chi connectivity index (χ1n) is 6.26. The summed E-state index contributed by atoms with van der Waals surface area (Å²) < 4.78 is 13.7. The molecule has 0 bridgehead atoms. The molecule has 0 saturated carbocycles. The number of halogens is 2. The zero-order valence-electron chi connectivity index (χ0n) is 11.1. The van der Waals surface area contributed by atoms with Gasteiger partial charge in [0.15, 0.2) is 0 Å². The Kier molecular flexibility index (Phi) is 4.26. The van der Waals surface area contributed by atoms with E-state index in [1.807, 2.05) is 0 Å². The van der Waals surface area contributed by atoms with Gasteiger partial charge < -0.3 is 5.32 Å². The topological polar surface area (TPSA) is 54.9 Å². The molecule has 0 aliphatic rings. The van der Waals surface area contributed by atoms with Crippen molar-refractivity contribution in [2.45, 2.75) is 0 Å². The van der Waals surface area contributed by atoms with Gasteiger partial charge in [-0.05, 0) is 52.3 Å². The summed E-state index contributed by atoms with van der Waals surface area (Å²) in [5.74, 6) is -0.191. The highest BCUT2D eigenvalue weighted by molar-refractivity contribution is 9.10. The van der Waals surface area contributed by atoms with E-state index in [4.69, 9.17) is 0 Å². The number of thiazole rings is 1. The first kappa shape index (κ1) is 14.8. The third-order valence-corrected chi connectivity index (χ3v) is 4.16. The number of hydrogen-bond donors (Lipinski definition) is 1. The molecule has 0 aliphatic carbocycles. The van der Waals surface area contributed by atoms with Crippen LogP contribution in [0.4, 0.5) is 10.2 Å². The molecule has 0 spiro atoms. The third-order valence-electron chi connectivity index (χ3n) is 2.80. The van der Waals surface area contributed by atoms with Crippen LogP contribution in [0.3, 0.4) is 0 Å². The molecule has 2 aromatic heterocycles. The molecule has 3 rings (SSSR count). The fourth-order valence-corrected chi connectivity index (χ4v) is 2.77. The predicted octanol–water partition coefficient (Wildman–Crippen LogP) is 4.36. The smallest absolute Gasteiger partial charge is 0.276 e. The number of nitrogens with zero attached hydrogens (tertiary/aromatic N) is 2. The number of rotatable bonds is 3. The summed E-state index contributed by atoms with van der Waals surface area (Å²) in [6.07, 6.45) is 1.60. The van der Waals surface area contributed by atoms with Crippen LogP contribution in [0, 0.1) is 5.82 Å². The lowest BCUT2D eigenvalue weighted by Gasteiger charge is -2.01. The maximum atomic E-state index is 12.9. The molecular weight excluding hydrogens is 369 g/mol. The summed E-state index contributed by atoms with van der Waals surface area (Å²) >= 11 is 4.61. The molecule has 3 aromatic rings. The Morgan fingerprint density at radius 1 is 1.18 bits per heavy atom. The standard InChI is InChI=1S/C15H9BrFN3OS/c16-10-3-6-13(18-7-10)20-14(21)12-8-22-15(19-12)9-1-4-11(17)5-2-9/h1-8H,(H,18,20,21). The van der Waals surface area contributed by atoms with Gasteiger partial charge in [0.2, 0.25) is 0 Å². The molecule has 4 nitrogen and oxygen atoms in total. The quantitative estimate of drug-likeness (QED) is 0.737. The van der Waals surface area contributed by atoms with Crippen LogP contribution in [0.15, 0.2) is 52.4 Å². The van der Waals surface area contributed by atoms with Gasteiger partial charge in [0.1, 0.15) is 22.3 Å². The number of pyridine rings is 1. The summed E-state index contributed by atoms with van der Waals surface area (Å²) in [4.78, 5) is 20.5. The number of hydrogen-bond acceptors (Lipinski definition) is 4. The van der Waals surface area contributed by atoms with Crippen molar-refractivity contribution in [1.29, 1.82) is 0 Å². The number of nitrogens with one attached hydrogen (secondary N) is 1. The van der Waals surface area contributed by atoms with Crippen LogP contribution in [-0.2, 0) is 0 Å². The lowest BCUT2D eigenvalue weighted by molar-refractivity contribution is 0.102. The van der Waals surface area contributed by atoms with Gasteiger partial charge in [-0.1, -0.05) is 0 Å². The SMILES string of the molecule is O=C(Nc1ccc(Br)cn1)c1csc(-c2ccc(F)cc2)n1. The third kappa shape index (κ3) is 3.37. The Bertz CT molecular complexity index is 802. The molecule has 0 saturated heterocycles. The second-order valence-corrected chi connectivity index (χ2v) is 6.13. The Balaban J connectivity index is 1.76. The molecule has 0 atom stereocenters. The van der Waals surface area contributed by atoms with Crippen LogP contribution in [0.5, 0.6) is 0 Å². The minimum Gasteiger partial charge on any atom is -0.305 e. The molecule has 2 heterocycles. The van der Waals surface area contributed by atoms with Gasteiger partial charge in [-0.3, -0.25) is 4.79 Å². The summed E-state index contributed by atoms with van der Waals surface area (Å²) in [6, 6.07) is 9.46. The maximum absolute atomic E-state index is 12.9. The highest BCUT2D eigenvalue weighted by Crippen LogP contribution is 2.24. The van der Waals surface area contributed by atoms with Gasteiger partial charge >= 0.3 is 0 Å². The number of benzene rings is 1. The second kappa shape index (κ2) is 6.33. The van der Waals surface area contributed by atoms with Crippen LogP contribution in [0.25, 0.3) is 10.6 Å². The van der Waals surface area contributed by atoms with Crippen molar-refractivity contribution >= 4 is 39.0 Å². The van der Waals surface area contributed by atoms with Crippen LogP contribution in [0.2, 0.25) is 0 Å². The molecule has 1 aromatic carbocycles. The van der Waals surface area contributed by atoms with E-state index in [0.717, 1.165) is 10.0 Å². The highest BCUT2D eigenvalue weighted by Gasteiger charge is 2.12. The van der Waals surface area contributed by atoms with Crippen LogP contribution in [-0.4, -0.2) is 15.9 Å². The van der Waals surface area contributed by atoms with Crippen molar-refractivity contribution in [3.8, 4) is 10.6 Å². The summed E-state index contributed by atoms with van der Waals surface area (Å²) in [5, 5.41) is 4.99. The van der Waals surface area contributed by atoms with Gasteiger partial charge in [-0.25, -0.2) is 14.4 Å². The van der Waals surface area contributed by atoms with E-state index >= 15 is 0 Å². The van der Waals surface area contributed by atoms with E-state index in [9.17, 15) is 9.18 Å². The number of anilines is 1. The van der Waals surface area contributed by atoms with Gasteiger partial charge in [0, 0.05) is 21.6 Å². The molecule has 0 unspecified atom stereocenters. The van der Waals surface area contributed by atoms with Crippen molar-refractivity contribution in [2.75, 3.05) is 5.32 Å². The molecule has 0 fully saturated rings. The van der Waals surface area contributed by atoms with Gasteiger partial charge in [0.05, 0.1) is 0 Å². The number of carbonyl (C=O) groups is 1. The van der Waals surface area contributed by atoms with Crippen molar-refractivity contribution < 1.29 is 9.18 Å². The molecule has 1 N–H and O–H groups in total. The van der Waals surface area contributed by atoms with E-state index < -0.39 is 0 Å². The predicted molar refractivity (Wildman–Crippen MR) is 87.4 cm³/mol. The van der Waals surface area contributed by atoms with Crippen molar-refractivity contribution in [3.63, 3.8) is 0 Å². The first-order chi connectivity index (χ1) is 10.6. The molecule has 1 amide bonds. The fourth-order valence-electron chi connectivity index (χ4n) is 1.73. The van der Waals surface area contributed by atoms with E-state index in [2.05, 4.69) is 31.2 Å². The van der Waals surface area contributed by atoms with Crippen molar-refractivity contribution in [2.24, 2.45) is 0 Å². The van der Waals surface area contributed by atoms with Crippen molar-refractivity contribution in [1.82, 2.24) is 9.97 Å². The normalized spacial score (nSPS) is 10.5. The average molecular weight is 378 g/mol. The Hall–Kier alpha value is -2.12. The summed E-state index contributed by atoms with van der Waals surface area (Å²) in [7, 11) is 0. The van der Waals surface area contributed by atoms with E-state index in [1.54, 1.807) is 35.8 Å². The van der Waals surface area contributed by atoms with Gasteiger partial charge in [0.25, 0.3) is 5.91 Å². The molecule has 0 radical (unpaired) electrons. The zero-order chi connectivity index (χ0) is 15.5. The number of amides is 1. The van der Waals surface area contributed by atoms with Gasteiger partial charge in [-0.15, -0.1) is 11.3 Å². The lowest BCUT2D eigenvalue weighted by Crippen LogP contribution is -2.13. The molecule has 22 heavy (non-hydrogen) atoms. The maximum Gasteiger partial charge on any atom is 0.276 e. The average Bonchev–Trinajstić information content (AvgIpc) is 3.00. The van der Waals surface area contributed by atoms with Crippen LogP contribution >= 0.6 is 27.3 Å². The second-order valence-electron chi connectivity index (χ2n) is 4.36. The molecule has 0 aliphatic heterocycles. The highest BCUT2D eigenvalue weighted by atomic mass is 79.9. The summed E-state index contributed by atoms with van der Waals surface area (Å²) in [5.41, 5.74) is 1.07. The largest absolute Gasteiger partial charge is 0.305 e. The van der Waals surface area contributed by atoms with Crippen LogP contribution in [0.1, 0.15) is 10.5 Å². The first-order valence-corrected chi connectivity index (χ1v) is 7.93. The van der Waals surface area contributed by atoms with Crippen LogP contribution < -0.4 is 5.32 Å². The van der Waals surface area contributed by atoms with Crippen molar-refractivity contribution in [3.05, 3.63) is 64.0 Å². The Labute approximate surface area is 138 Å². The molecular formula is C15H9BrFN3OS. The fraction of sp³-hybridized carbons (Fsp3) is 0. The number of aromatic nitrogens is 2. The molecule has 7 heteroatoms.